The van der Waals surface area contributed by atoms with Gasteiger partial charge in [0.05, 0.1) is 10.6 Å². The smallest absolute Gasteiger partial charge is 0.261 e. The van der Waals surface area contributed by atoms with Crippen LogP contribution in [0, 0.1) is 0 Å². The highest BCUT2D eigenvalue weighted by Crippen LogP contribution is 2.20. The number of nitrogen functional groups attached to an aromatic ring is 1. The van der Waals surface area contributed by atoms with Gasteiger partial charge in [0.25, 0.3) is 10.0 Å². The first-order valence-corrected chi connectivity index (χ1v) is 6.97. The maximum atomic E-state index is 12.1. The Morgan fingerprint density at radius 2 is 1.78 bits per heavy atom. The first-order valence-electron chi connectivity index (χ1n) is 5.11. The summed E-state index contributed by atoms with van der Waals surface area (Å²) < 4.78 is 26.5. The van der Waals surface area contributed by atoms with E-state index in [2.05, 4.69) is 4.72 Å². The minimum absolute atomic E-state index is 0.113. The molecule has 0 amide bonds. The van der Waals surface area contributed by atoms with Crippen LogP contribution in [-0.4, -0.2) is 8.42 Å². The summed E-state index contributed by atoms with van der Waals surface area (Å²) in [6.45, 7) is 0. The molecule has 0 aromatic heterocycles. The second kappa shape index (κ2) is 4.88. The number of anilines is 2. The van der Waals surface area contributed by atoms with Gasteiger partial charge in [0.15, 0.2) is 0 Å². The van der Waals surface area contributed by atoms with Crippen LogP contribution in [0.25, 0.3) is 0 Å². The Labute approximate surface area is 110 Å². The number of hydrogen-bond acceptors (Lipinski definition) is 3. The van der Waals surface area contributed by atoms with Crippen molar-refractivity contribution in [3.8, 4) is 0 Å². The molecule has 4 nitrogen and oxygen atoms in total. The third kappa shape index (κ3) is 2.94. The van der Waals surface area contributed by atoms with Gasteiger partial charge in [-0.15, -0.1) is 0 Å². The first-order chi connectivity index (χ1) is 8.47. The van der Waals surface area contributed by atoms with Gasteiger partial charge in [0.1, 0.15) is 0 Å². The standard InChI is InChI=1S/C12H11ClN2O2S/c13-9-3-1-5-11(7-9)15-18(16,17)12-6-2-4-10(14)8-12/h1-8,15H,14H2. The van der Waals surface area contributed by atoms with Crippen molar-refractivity contribution in [3.63, 3.8) is 0 Å². The molecule has 18 heavy (non-hydrogen) atoms. The Bertz CT molecular complexity index is 671. The van der Waals surface area contributed by atoms with E-state index in [1.807, 2.05) is 0 Å². The van der Waals surface area contributed by atoms with Crippen LogP contribution in [0.15, 0.2) is 53.4 Å². The van der Waals surface area contributed by atoms with Gasteiger partial charge in [-0.3, -0.25) is 4.72 Å². The van der Waals surface area contributed by atoms with Crippen LogP contribution in [0.4, 0.5) is 11.4 Å². The molecule has 2 aromatic rings. The number of halogens is 1. The lowest BCUT2D eigenvalue weighted by molar-refractivity contribution is 0.601. The van der Waals surface area contributed by atoms with Crippen molar-refractivity contribution in [3.05, 3.63) is 53.6 Å². The van der Waals surface area contributed by atoms with Crippen LogP contribution >= 0.6 is 11.6 Å². The Hall–Kier alpha value is -1.72. The summed E-state index contributed by atoms with van der Waals surface area (Å²) in [5, 5.41) is 0.461. The van der Waals surface area contributed by atoms with Crippen molar-refractivity contribution in [1.82, 2.24) is 0 Å². The largest absolute Gasteiger partial charge is 0.399 e. The van der Waals surface area contributed by atoms with Crippen LogP contribution in [0.5, 0.6) is 0 Å². The monoisotopic (exact) mass is 282 g/mol. The van der Waals surface area contributed by atoms with Gasteiger partial charge in [-0.25, -0.2) is 8.42 Å². The lowest BCUT2D eigenvalue weighted by Gasteiger charge is -2.08. The predicted octanol–water partition coefficient (Wildman–Crippen LogP) is 2.72. The van der Waals surface area contributed by atoms with Crippen LogP contribution < -0.4 is 10.5 Å². The number of nitrogens with one attached hydrogen (secondary N) is 1. The minimum atomic E-state index is -3.64. The van der Waals surface area contributed by atoms with E-state index in [-0.39, 0.29) is 4.90 Å². The molecule has 0 heterocycles. The summed E-state index contributed by atoms with van der Waals surface area (Å²) in [7, 11) is -3.64. The van der Waals surface area contributed by atoms with Gasteiger partial charge in [0, 0.05) is 10.7 Å². The Balaban J connectivity index is 2.33. The molecule has 0 aliphatic carbocycles. The number of nitrogens with two attached hydrogens (primary N) is 1. The quantitative estimate of drug-likeness (QED) is 0.850. The van der Waals surface area contributed by atoms with E-state index in [1.54, 1.807) is 30.3 Å². The van der Waals surface area contributed by atoms with Gasteiger partial charge < -0.3 is 5.73 Å². The molecule has 2 aromatic carbocycles. The lowest BCUT2D eigenvalue weighted by Crippen LogP contribution is -2.13. The molecule has 0 aliphatic rings. The summed E-state index contributed by atoms with van der Waals surface area (Å²) in [5.74, 6) is 0. The molecule has 0 spiro atoms. The van der Waals surface area contributed by atoms with Crippen molar-refractivity contribution in [2.45, 2.75) is 4.90 Å². The molecule has 0 radical (unpaired) electrons. The second-order valence-electron chi connectivity index (χ2n) is 3.69. The fourth-order valence-corrected chi connectivity index (χ4v) is 2.74. The number of hydrogen-bond donors (Lipinski definition) is 2. The molecule has 3 N–H and O–H groups in total. The van der Waals surface area contributed by atoms with Crippen molar-refractivity contribution >= 4 is 33.0 Å². The number of sulfonamides is 1. The van der Waals surface area contributed by atoms with Crippen LogP contribution in [0.3, 0.4) is 0 Å². The highest BCUT2D eigenvalue weighted by atomic mass is 35.5. The molecule has 0 saturated heterocycles. The second-order valence-corrected chi connectivity index (χ2v) is 5.81. The molecular formula is C12H11ClN2O2S. The average Bonchev–Trinajstić information content (AvgIpc) is 2.28. The highest BCUT2D eigenvalue weighted by Gasteiger charge is 2.14. The summed E-state index contributed by atoms with van der Waals surface area (Å²) in [4.78, 5) is 0.113. The lowest BCUT2D eigenvalue weighted by atomic mass is 10.3. The van der Waals surface area contributed by atoms with E-state index in [0.29, 0.717) is 16.4 Å². The third-order valence-corrected chi connectivity index (χ3v) is 3.86. The molecule has 0 atom stereocenters. The van der Waals surface area contributed by atoms with Gasteiger partial charge in [0.2, 0.25) is 0 Å². The van der Waals surface area contributed by atoms with Gasteiger partial charge in [-0.05, 0) is 36.4 Å². The van der Waals surface area contributed by atoms with E-state index >= 15 is 0 Å². The molecule has 2 rings (SSSR count). The topological polar surface area (TPSA) is 72.2 Å². The van der Waals surface area contributed by atoms with Crippen LogP contribution in [0.1, 0.15) is 0 Å². The molecule has 6 heteroatoms. The zero-order chi connectivity index (χ0) is 13.2. The maximum Gasteiger partial charge on any atom is 0.261 e. The highest BCUT2D eigenvalue weighted by molar-refractivity contribution is 7.92. The van der Waals surface area contributed by atoms with Crippen LogP contribution in [0.2, 0.25) is 5.02 Å². The predicted molar refractivity (Wildman–Crippen MR) is 73.1 cm³/mol. The maximum absolute atomic E-state index is 12.1. The first kappa shape index (κ1) is 12.7. The number of benzene rings is 2. The summed E-state index contributed by atoms with van der Waals surface area (Å²) in [6, 6.07) is 12.6. The van der Waals surface area contributed by atoms with Crippen molar-refractivity contribution < 1.29 is 8.42 Å². The molecule has 0 unspecified atom stereocenters. The molecule has 0 aliphatic heterocycles. The summed E-state index contributed by atoms with van der Waals surface area (Å²) in [5.41, 5.74) is 6.36. The molecular weight excluding hydrogens is 272 g/mol. The SMILES string of the molecule is Nc1cccc(S(=O)(=O)Nc2cccc(Cl)c2)c1. The van der Waals surface area contributed by atoms with E-state index in [1.165, 1.54) is 18.2 Å². The Morgan fingerprint density at radius 1 is 1.06 bits per heavy atom. The van der Waals surface area contributed by atoms with E-state index in [4.69, 9.17) is 17.3 Å². The van der Waals surface area contributed by atoms with Crippen molar-refractivity contribution in [1.29, 1.82) is 0 Å². The van der Waals surface area contributed by atoms with Gasteiger partial charge in [-0.2, -0.15) is 0 Å². The minimum Gasteiger partial charge on any atom is -0.399 e. The van der Waals surface area contributed by atoms with Crippen LogP contribution in [-0.2, 0) is 10.0 Å². The molecule has 0 fully saturated rings. The van der Waals surface area contributed by atoms with E-state index in [9.17, 15) is 8.42 Å². The normalized spacial score (nSPS) is 11.2. The average molecular weight is 283 g/mol. The van der Waals surface area contributed by atoms with E-state index < -0.39 is 10.0 Å². The molecule has 0 bridgehead atoms. The number of rotatable bonds is 3. The Kier molecular flexibility index (Phi) is 3.45. The summed E-state index contributed by atoms with van der Waals surface area (Å²) >= 11 is 5.79. The molecule has 0 saturated carbocycles. The van der Waals surface area contributed by atoms with Crippen molar-refractivity contribution in [2.75, 3.05) is 10.5 Å². The molecule has 94 valence electrons. The van der Waals surface area contributed by atoms with Gasteiger partial charge in [-0.1, -0.05) is 23.7 Å². The zero-order valence-electron chi connectivity index (χ0n) is 9.30. The zero-order valence-corrected chi connectivity index (χ0v) is 10.9. The fraction of sp³-hybridized carbons (Fsp3) is 0. The van der Waals surface area contributed by atoms with E-state index in [0.717, 1.165) is 0 Å². The Morgan fingerprint density at radius 3 is 2.44 bits per heavy atom. The fourth-order valence-electron chi connectivity index (χ4n) is 1.45. The van der Waals surface area contributed by atoms with Gasteiger partial charge >= 0.3 is 0 Å². The summed E-state index contributed by atoms with van der Waals surface area (Å²) in [6.07, 6.45) is 0. The van der Waals surface area contributed by atoms with Crippen molar-refractivity contribution in [2.24, 2.45) is 0 Å². The third-order valence-electron chi connectivity index (χ3n) is 2.25.